The monoisotopic (exact) mass is 473 g/mol. The highest BCUT2D eigenvalue weighted by Gasteiger charge is 2.45. The largest absolute Gasteiger partial charge is 0.353 e. The maximum absolute atomic E-state index is 12.6. The average Bonchev–Trinajstić information content (AvgIpc) is 3.20. The maximum atomic E-state index is 12.6. The molecule has 166 valence electrons. The molecule has 0 unspecified atom stereocenters. The Hall–Kier alpha value is -1.19. The van der Waals surface area contributed by atoms with Gasteiger partial charge < -0.3 is 10.6 Å². The van der Waals surface area contributed by atoms with Crippen LogP contribution in [0.2, 0.25) is 0 Å². The normalized spacial score (nSPS) is 28.1. The van der Waals surface area contributed by atoms with Crippen LogP contribution in [0.3, 0.4) is 0 Å². The van der Waals surface area contributed by atoms with Crippen LogP contribution in [0.15, 0.2) is 22.6 Å². The van der Waals surface area contributed by atoms with Gasteiger partial charge in [0.25, 0.3) is 5.56 Å². The van der Waals surface area contributed by atoms with E-state index in [4.69, 9.17) is 0 Å². The van der Waals surface area contributed by atoms with E-state index >= 15 is 0 Å². The number of thiophene rings is 1. The van der Waals surface area contributed by atoms with Crippen LogP contribution in [0.5, 0.6) is 0 Å². The summed E-state index contributed by atoms with van der Waals surface area (Å²) in [5, 5.41) is 8.58. The first-order chi connectivity index (χ1) is 13.7. The van der Waals surface area contributed by atoms with Crippen molar-refractivity contribution in [2.75, 3.05) is 26.2 Å². The van der Waals surface area contributed by atoms with Crippen molar-refractivity contribution >= 4 is 52.3 Å². The average molecular weight is 474 g/mol. The standard InChI is InChI=1S/C20H27N5O2S.2ClH/c26-18(11-24-12-23-15-4-6-28-19(15)20(24)27)22-10-17-14-7-13(8-21-9-14)16-3-1-2-5-25(16)17;;/h4,6,12-14,16-17,21H,1-3,5,7-11H2,(H,22,26);2*1H/t13-,14+,16+,17+;;/m1../s1. The fraction of sp³-hybridized carbons (Fsp3) is 0.650. The summed E-state index contributed by atoms with van der Waals surface area (Å²) in [4.78, 5) is 32.0. The van der Waals surface area contributed by atoms with Crippen molar-refractivity contribution in [3.05, 3.63) is 28.1 Å². The summed E-state index contributed by atoms with van der Waals surface area (Å²) < 4.78 is 2.02. The van der Waals surface area contributed by atoms with E-state index in [1.165, 1.54) is 47.9 Å². The van der Waals surface area contributed by atoms with E-state index in [1.807, 2.05) is 11.4 Å². The number of amides is 1. The molecule has 3 saturated heterocycles. The molecule has 10 heteroatoms. The summed E-state index contributed by atoms with van der Waals surface area (Å²) in [5.74, 6) is 1.24. The Morgan fingerprint density at radius 1 is 1.27 bits per heavy atom. The number of nitrogens with zero attached hydrogens (tertiary/aromatic N) is 3. The van der Waals surface area contributed by atoms with Gasteiger partial charge in [-0.15, -0.1) is 36.2 Å². The molecule has 0 spiro atoms. The molecule has 4 atom stereocenters. The van der Waals surface area contributed by atoms with Gasteiger partial charge in [-0.1, -0.05) is 6.42 Å². The Labute approximate surface area is 192 Å². The van der Waals surface area contributed by atoms with E-state index in [-0.39, 0.29) is 42.8 Å². The second kappa shape index (κ2) is 9.96. The lowest BCUT2D eigenvalue weighted by Crippen LogP contribution is -2.65. The molecule has 1 amide bonds. The van der Waals surface area contributed by atoms with Crippen LogP contribution in [0.1, 0.15) is 25.7 Å². The van der Waals surface area contributed by atoms with E-state index < -0.39 is 0 Å². The molecular formula is C20H29Cl2N5O2S. The van der Waals surface area contributed by atoms with E-state index in [0.717, 1.165) is 25.6 Å². The zero-order chi connectivity index (χ0) is 19.1. The lowest BCUT2D eigenvalue weighted by Gasteiger charge is -2.55. The Morgan fingerprint density at radius 2 is 2.10 bits per heavy atom. The fourth-order valence-corrected chi connectivity index (χ4v) is 6.26. The highest BCUT2D eigenvalue weighted by Crippen LogP contribution is 2.38. The third-order valence-corrected chi connectivity index (χ3v) is 7.67. The van der Waals surface area contributed by atoms with Crippen molar-refractivity contribution < 1.29 is 4.79 Å². The van der Waals surface area contributed by atoms with Gasteiger partial charge in [0.2, 0.25) is 5.91 Å². The summed E-state index contributed by atoms with van der Waals surface area (Å²) >= 11 is 1.37. The number of piperidine rings is 3. The highest BCUT2D eigenvalue weighted by molar-refractivity contribution is 7.17. The number of hydrogen-bond acceptors (Lipinski definition) is 6. The van der Waals surface area contributed by atoms with E-state index in [9.17, 15) is 9.59 Å². The Bertz CT molecular complexity index is 935. The van der Waals surface area contributed by atoms with Crippen molar-refractivity contribution in [1.29, 1.82) is 0 Å². The second-order valence-electron chi connectivity index (χ2n) is 8.40. The van der Waals surface area contributed by atoms with Gasteiger partial charge in [0.05, 0.1) is 11.8 Å². The number of fused-ring (bicyclic) bond motifs is 5. The highest BCUT2D eigenvalue weighted by atomic mass is 35.5. The molecule has 30 heavy (non-hydrogen) atoms. The van der Waals surface area contributed by atoms with Crippen LogP contribution in [-0.4, -0.2) is 58.6 Å². The predicted octanol–water partition coefficient (Wildman–Crippen LogP) is 1.88. The minimum Gasteiger partial charge on any atom is -0.353 e. The summed E-state index contributed by atoms with van der Waals surface area (Å²) in [6.45, 7) is 4.02. The lowest BCUT2D eigenvalue weighted by molar-refractivity contribution is -0.122. The molecule has 2 aromatic rings. The van der Waals surface area contributed by atoms with Gasteiger partial charge in [0.15, 0.2) is 0 Å². The topological polar surface area (TPSA) is 79.3 Å². The number of nitrogens with one attached hydrogen (secondary N) is 2. The quantitative estimate of drug-likeness (QED) is 0.708. The molecule has 3 fully saturated rings. The minimum absolute atomic E-state index is 0. The first kappa shape index (κ1) is 23.5. The zero-order valence-electron chi connectivity index (χ0n) is 16.8. The van der Waals surface area contributed by atoms with Crippen molar-refractivity contribution in [1.82, 2.24) is 25.1 Å². The molecule has 0 saturated carbocycles. The van der Waals surface area contributed by atoms with E-state index in [1.54, 1.807) is 0 Å². The first-order valence-electron chi connectivity index (χ1n) is 10.4. The zero-order valence-corrected chi connectivity index (χ0v) is 19.2. The van der Waals surface area contributed by atoms with E-state index in [0.29, 0.717) is 34.8 Å². The smallest absolute Gasteiger partial charge is 0.271 e. The van der Waals surface area contributed by atoms with Gasteiger partial charge in [-0.3, -0.25) is 19.1 Å². The van der Waals surface area contributed by atoms with Crippen LogP contribution < -0.4 is 16.2 Å². The first-order valence-corrected chi connectivity index (χ1v) is 11.2. The van der Waals surface area contributed by atoms with Gasteiger partial charge >= 0.3 is 0 Å². The van der Waals surface area contributed by atoms with Crippen LogP contribution in [-0.2, 0) is 11.3 Å². The van der Waals surface area contributed by atoms with Gasteiger partial charge in [-0.2, -0.15) is 0 Å². The second-order valence-corrected chi connectivity index (χ2v) is 9.32. The third kappa shape index (κ3) is 4.39. The van der Waals surface area contributed by atoms with E-state index in [2.05, 4.69) is 20.5 Å². The number of halogens is 2. The fourth-order valence-electron chi connectivity index (χ4n) is 5.47. The summed E-state index contributed by atoms with van der Waals surface area (Å²) in [6, 6.07) is 2.88. The van der Waals surface area contributed by atoms with Gasteiger partial charge in [-0.05, 0) is 62.2 Å². The Morgan fingerprint density at radius 3 is 2.97 bits per heavy atom. The van der Waals surface area contributed by atoms with Crippen LogP contribution in [0.4, 0.5) is 0 Å². The third-order valence-electron chi connectivity index (χ3n) is 6.78. The molecule has 7 nitrogen and oxygen atoms in total. The summed E-state index contributed by atoms with van der Waals surface area (Å²) in [6.07, 6.45) is 6.62. The number of carbonyl (C=O) groups excluding carboxylic acids is 1. The predicted molar refractivity (Wildman–Crippen MR) is 124 cm³/mol. The summed E-state index contributed by atoms with van der Waals surface area (Å²) in [5.41, 5.74) is 0.563. The number of hydrogen-bond donors (Lipinski definition) is 2. The molecule has 5 heterocycles. The van der Waals surface area contributed by atoms with Gasteiger partial charge in [-0.25, -0.2) is 4.98 Å². The van der Waals surface area contributed by atoms with Crippen molar-refractivity contribution in [3.8, 4) is 0 Å². The molecule has 0 aromatic carbocycles. The van der Waals surface area contributed by atoms with Crippen LogP contribution in [0, 0.1) is 11.8 Å². The molecule has 2 N–H and O–H groups in total. The van der Waals surface area contributed by atoms with Crippen LogP contribution in [0.25, 0.3) is 10.2 Å². The number of carbonyl (C=O) groups is 1. The molecule has 3 aliphatic rings. The Kier molecular flexibility index (Phi) is 7.79. The molecular weight excluding hydrogens is 445 g/mol. The SMILES string of the molecule is Cl.Cl.O=C(Cn1cnc2ccsc2c1=O)NC[C@H]1[C@@H]2CNC[C@@H](C2)[C@@H]2CCCCN21. The molecule has 2 bridgehead atoms. The molecule has 0 aliphatic carbocycles. The van der Waals surface area contributed by atoms with Crippen LogP contribution >= 0.6 is 36.2 Å². The molecule has 3 aliphatic heterocycles. The summed E-state index contributed by atoms with van der Waals surface area (Å²) in [7, 11) is 0. The van der Waals surface area contributed by atoms with Crippen molar-refractivity contribution in [3.63, 3.8) is 0 Å². The molecule has 0 radical (unpaired) electrons. The minimum atomic E-state index is -0.136. The van der Waals surface area contributed by atoms with Crippen molar-refractivity contribution in [2.45, 2.75) is 44.3 Å². The number of rotatable bonds is 4. The molecule has 2 aromatic heterocycles. The number of aromatic nitrogens is 2. The lowest BCUT2D eigenvalue weighted by atomic mass is 9.73. The molecule has 5 rings (SSSR count). The van der Waals surface area contributed by atoms with Gasteiger partial charge in [0.1, 0.15) is 11.2 Å². The van der Waals surface area contributed by atoms with Crippen molar-refractivity contribution in [2.24, 2.45) is 11.8 Å². The maximum Gasteiger partial charge on any atom is 0.271 e. The Balaban J connectivity index is 0.00000128. The van der Waals surface area contributed by atoms with Gasteiger partial charge in [0, 0.05) is 18.6 Å².